The van der Waals surface area contributed by atoms with Gasteiger partial charge in [-0.1, -0.05) is 19.8 Å². The van der Waals surface area contributed by atoms with Crippen LogP contribution >= 0.6 is 0 Å². The van der Waals surface area contributed by atoms with Gasteiger partial charge >= 0.3 is 0 Å². The van der Waals surface area contributed by atoms with Crippen LogP contribution in [-0.2, 0) is 16.8 Å². The number of aliphatic hydroxyl groups is 1. The van der Waals surface area contributed by atoms with Crippen molar-refractivity contribution in [2.45, 2.75) is 58.1 Å². The van der Waals surface area contributed by atoms with Crippen LogP contribution in [0.3, 0.4) is 0 Å². The van der Waals surface area contributed by atoms with Gasteiger partial charge in [0.1, 0.15) is 5.82 Å². The van der Waals surface area contributed by atoms with Crippen molar-refractivity contribution in [3.63, 3.8) is 0 Å². The largest absolute Gasteiger partial charge is 0.402 e. The van der Waals surface area contributed by atoms with Gasteiger partial charge in [-0.15, -0.1) is 0 Å². The first kappa shape index (κ1) is 22.2. The minimum atomic E-state index is -0.976. The first-order chi connectivity index (χ1) is 14.4. The normalized spacial score (nSPS) is 19.7. The number of morpholine rings is 1. The van der Waals surface area contributed by atoms with E-state index in [1.807, 2.05) is 19.1 Å². The molecule has 7 heteroatoms. The van der Waals surface area contributed by atoms with Crippen molar-refractivity contribution < 1.29 is 9.84 Å². The maximum absolute atomic E-state index is 11.4. The zero-order valence-electron chi connectivity index (χ0n) is 18.2. The van der Waals surface area contributed by atoms with Gasteiger partial charge in [0.15, 0.2) is 0 Å². The van der Waals surface area contributed by atoms with E-state index < -0.39 is 5.60 Å². The molecular weight excluding hydrogens is 378 g/mol. The lowest BCUT2D eigenvalue weighted by Crippen LogP contribution is -2.44. The highest BCUT2D eigenvalue weighted by Gasteiger charge is 2.29. The number of ether oxygens (including phenoxy) is 1. The number of anilines is 1. The van der Waals surface area contributed by atoms with E-state index in [2.05, 4.69) is 23.7 Å². The van der Waals surface area contributed by atoms with E-state index in [1.165, 1.54) is 6.21 Å². The topological polar surface area (TPSA) is 108 Å². The summed E-state index contributed by atoms with van der Waals surface area (Å²) in [7, 11) is 0. The summed E-state index contributed by atoms with van der Waals surface area (Å²) in [5.41, 5.74) is 8.01. The molecule has 2 aromatic rings. The fourth-order valence-electron chi connectivity index (χ4n) is 4.00. The van der Waals surface area contributed by atoms with E-state index >= 15 is 0 Å². The van der Waals surface area contributed by atoms with Crippen LogP contribution in [0.4, 0.5) is 5.82 Å². The third kappa shape index (κ3) is 4.79. The molecule has 4 N–H and O–H groups in total. The van der Waals surface area contributed by atoms with E-state index in [0.717, 1.165) is 47.4 Å². The molecule has 2 atom stereocenters. The fraction of sp³-hybridized carbons (Fsp3) is 0.522. The molecule has 3 rings (SSSR count). The number of unbranched alkanes of at least 4 members (excludes halogenated alkanes) is 1. The van der Waals surface area contributed by atoms with Crippen LogP contribution in [0.5, 0.6) is 0 Å². The Hall–Kier alpha value is -2.51. The third-order valence-corrected chi connectivity index (χ3v) is 5.72. The van der Waals surface area contributed by atoms with Crippen molar-refractivity contribution in [3.8, 4) is 0 Å². The summed E-state index contributed by atoms with van der Waals surface area (Å²) in [6.07, 6.45) is 7.51. The Morgan fingerprint density at radius 3 is 3.00 bits per heavy atom. The van der Waals surface area contributed by atoms with Crippen LogP contribution in [0.25, 0.3) is 10.9 Å². The van der Waals surface area contributed by atoms with Crippen molar-refractivity contribution in [2.75, 3.05) is 24.7 Å². The maximum atomic E-state index is 11.4. The van der Waals surface area contributed by atoms with Crippen LogP contribution in [-0.4, -0.2) is 47.1 Å². The number of pyridine rings is 2. The molecule has 2 aromatic heterocycles. The summed E-state index contributed by atoms with van der Waals surface area (Å²) in [5, 5.41) is 19.6. The third-order valence-electron chi connectivity index (χ3n) is 5.72. The van der Waals surface area contributed by atoms with Crippen molar-refractivity contribution in [3.05, 3.63) is 41.4 Å². The molecule has 1 saturated heterocycles. The molecule has 0 radical (unpaired) electrons. The Kier molecular flexibility index (Phi) is 7.05. The Morgan fingerprint density at radius 1 is 1.50 bits per heavy atom. The molecule has 0 saturated carbocycles. The number of nitrogens with two attached hydrogens (primary N) is 1. The molecule has 0 amide bonds. The summed E-state index contributed by atoms with van der Waals surface area (Å²) >= 11 is 0. The number of hydrogen-bond donors (Lipinski definition) is 3. The number of nitrogens with zero attached hydrogens (tertiary/aromatic N) is 3. The Labute approximate surface area is 178 Å². The molecule has 3 heterocycles. The summed E-state index contributed by atoms with van der Waals surface area (Å²) in [6, 6.07) is 4.14. The number of nitrogens with one attached hydrogen (secondary N) is 1. The molecule has 0 spiro atoms. The second kappa shape index (κ2) is 9.53. The van der Waals surface area contributed by atoms with Gasteiger partial charge in [-0.25, -0.2) is 4.98 Å². The summed E-state index contributed by atoms with van der Waals surface area (Å²) in [4.78, 5) is 11.7. The van der Waals surface area contributed by atoms with Crippen LogP contribution in [0.2, 0.25) is 0 Å². The molecule has 0 aliphatic carbocycles. The molecule has 0 bridgehead atoms. The molecule has 162 valence electrons. The highest BCUT2D eigenvalue weighted by atomic mass is 16.5. The van der Waals surface area contributed by atoms with Crippen LogP contribution in [0, 0.1) is 5.41 Å². The predicted molar refractivity (Wildman–Crippen MR) is 121 cm³/mol. The van der Waals surface area contributed by atoms with Gasteiger partial charge in [-0.2, -0.15) is 0 Å². The minimum absolute atomic E-state index is 0.195. The lowest BCUT2D eigenvalue weighted by atomic mass is 9.87. The van der Waals surface area contributed by atoms with E-state index in [4.69, 9.17) is 20.9 Å². The number of rotatable bonds is 8. The molecule has 1 unspecified atom stereocenters. The SMILES string of the molecule is CCCCC(C)(O)c1cc(N2CCOC[C@H]2C)nc2c(C/C(N)=C/C=N)nccc12. The van der Waals surface area contributed by atoms with Crippen molar-refractivity contribution in [1.82, 2.24) is 9.97 Å². The molecule has 1 aliphatic heterocycles. The molecule has 30 heavy (non-hydrogen) atoms. The number of hydrogen-bond acceptors (Lipinski definition) is 7. The average Bonchev–Trinajstić information content (AvgIpc) is 2.72. The summed E-state index contributed by atoms with van der Waals surface area (Å²) < 4.78 is 5.60. The Balaban J connectivity index is 2.19. The lowest BCUT2D eigenvalue weighted by Gasteiger charge is -2.35. The lowest BCUT2D eigenvalue weighted by molar-refractivity contribution is 0.0468. The van der Waals surface area contributed by atoms with Crippen molar-refractivity contribution in [2.24, 2.45) is 5.73 Å². The van der Waals surface area contributed by atoms with Gasteiger partial charge in [0.25, 0.3) is 0 Å². The molecule has 7 nitrogen and oxygen atoms in total. The van der Waals surface area contributed by atoms with E-state index in [1.54, 1.807) is 12.3 Å². The maximum Gasteiger partial charge on any atom is 0.130 e. The number of allylic oxidation sites excluding steroid dienone is 2. The Morgan fingerprint density at radius 2 is 2.30 bits per heavy atom. The Bertz CT molecular complexity index is 925. The van der Waals surface area contributed by atoms with Crippen LogP contribution < -0.4 is 10.6 Å². The number of fused-ring (bicyclic) bond motifs is 1. The molecule has 1 aliphatic rings. The smallest absolute Gasteiger partial charge is 0.130 e. The van der Waals surface area contributed by atoms with E-state index in [9.17, 15) is 5.11 Å². The highest BCUT2D eigenvalue weighted by Crippen LogP contribution is 2.36. The van der Waals surface area contributed by atoms with Gasteiger partial charge in [0.2, 0.25) is 0 Å². The van der Waals surface area contributed by atoms with Gasteiger partial charge in [-0.05, 0) is 44.0 Å². The zero-order valence-corrected chi connectivity index (χ0v) is 18.2. The van der Waals surface area contributed by atoms with Gasteiger partial charge in [0, 0.05) is 36.5 Å². The predicted octanol–water partition coefficient (Wildman–Crippen LogP) is 3.29. The quantitative estimate of drug-likeness (QED) is 0.575. The summed E-state index contributed by atoms with van der Waals surface area (Å²) in [5.74, 6) is 0.828. The molecular formula is C23H33N5O2. The average molecular weight is 412 g/mol. The van der Waals surface area contributed by atoms with Crippen molar-refractivity contribution >= 4 is 22.9 Å². The molecule has 0 aromatic carbocycles. The van der Waals surface area contributed by atoms with Gasteiger partial charge < -0.3 is 25.9 Å². The van der Waals surface area contributed by atoms with Gasteiger partial charge in [-0.3, -0.25) is 4.98 Å². The van der Waals surface area contributed by atoms with Crippen LogP contribution in [0.1, 0.15) is 51.3 Å². The number of aromatic nitrogens is 2. The van der Waals surface area contributed by atoms with Gasteiger partial charge in [0.05, 0.1) is 36.1 Å². The zero-order chi connectivity index (χ0) is 21.7. The second-order valence-corrected chi connectivity index (χ2v) is 8.26. The fourth-order valence-corrected chi connectivity index (χ4v) is 4.00. The van der Waals surface area contributed by atoms with Crippen molar-refractivity contribution in [1.29, 1.82) is 5.41 Å². The first-order valence-electron chi connectivity index (χ1n) is 10.7. The van der Waals surface area contributed by atoms with E-state index in [-0.39, 0.29) is 6.04 Å². The standard InChI is InChI=1S/C23H33N5O2/c1-4-5-8-23(3,29)19-14-21(28-11-12-30-15-16(28)2)27-22-18(19)7-10-26-20(22)13-17(25)6-9-24/h6-7,9-10,14,16,24,29H,4-5,8,11-13,15,25H2,1-3H3/b17-6-,24-9?/t16-,23?/m1/s1. The molecule has 1 fully saturated rings. The second-order valence-electron chi connectivity index (χ2n) is 8.26. The van der Waals surface area contributed by atoms with E-state index in [0.29, 0.717) is 31.8 Å². The monoisotopic (exact) mass is 411 g/mol. The minimum Gasteiger partial charge on any atom is -0.402 e. The first-order valence-corrected chi connectivity index (χ1v) is 10.7. The summed E-state index contributed by atoms with van der Waals surface area (Å²) in [6.45, 7) is 8.18. The highest BCUT2D eigenvalue weighted by molar-refractivity contribution is 5.87. The van der Waals surface area contributed by atoms with Crippen LogP contribution in [0.15, 0.2) is 30.1 Å².